The summed E-state index contributed by atoms with van der Waals surface area (Å²) in [6.07, 6.45) is 46.6. The van der Waals surface area contributed by atoms with Crippen molar-refractivity contribution in [1.29, 1.82) is 0 Å². The van der Waals surface area contributed by atoms with Crippen molar-refractivity contribution in [3.05, 3.63) is 0 Å². The molecule has 6 heterocycles. The molecule has 12 aliphatic carbocycles. The van der Waals surface area contributed by atoms with Gasteiger partial charge in [-0.2, -0.15) is 0 Å². The van der Waals surface area contributed by atoms with Crippen molar-refractivity contribution in [3.8, 4) is 0 Å². The lowest BCUT2D eigenvalue weighted by Crippen LogP contribution is -2.49. The smallest absolute Gasteiger partial charge is 0.285 e. The first kappa shape index (κ1) is 71.6. The number of guanidine groups is 1. The number of nitrogens with zero attached hydrogens (tertiary/aromatic N) is 6. The van der Waals surface area contributed by atoms with Crippen molar-refractivity contribution in [2.45, 2.75) is 290 Å². The van der Waals surface area contributed by atoms with Crippen LogP contribution in [0.2, 0.25) is 0 Å². The Morgan fingerprint density at radius 1 is 0.443 bits per heavy atom. The van der Waals surface area contributed by atoms with Gasteiger partial charge in [-0.15, -0.1) is 0 Å². The summed E-state index contributed by atoms with van der Waals surface area (Å²) in [5.74, 6) is 15.4. The molecule has 6 aliphatic heterocycles. The van der Waals surface area contributed by atoms with Gasteiger partial charge in [-0.25, -0.2) is 20.0 Å². The Morgan fingerprint density at radius 2 is 1.01 bits per heavy atom. The van der Waals surface area contributed by atoms with Gasteiger partial charge in [0.15, 0.2) is 11.1 Å². The third-order valence-corrected chi connectivity index (χ3v) is 29.5. The number of nitrogens with one attached hydrogen (secondary N) is 7. The highest BCUT2D eigenvalue weighted by atomic mass is 32.2. The fraction of sp³-hybridized carbons (Fsp3) is 0.924. The zero-order valence-corrected chi connectivity index (χ0v) is 62.4. The molecule has 0 spiro atoms. The number of thioether (sulfide) groups is 1. The van der Waals surface area contributed by atoms with Crippen LogP contribution < -0.4 is 37.2 Å². The summed E-state index contributed by atoms with van der Waals surface area (Å²) in [6.45, 7) is 23.5. The summed E-state index contributed by atoms with van der Waals surface area (Å²) in [5, 5.41) is 26.3. The van der Waals surface area contributed by atoms with E-state index in [0.717, 1.165) is 197 Å². The van der Waals surface area contributed by atoms with Crippen molar-refractivity contribution in [1.82, 2.24) is 37.2 Å². The third-order valence-electron chi connectivity index (χ3n) is 28.6. The summed E-state index contributed by atoms with van der Waals surface area (Å²) >= 11 is 1.92. The van der Waals surface area contributed by atoms with E-state index < -0.39 is 0 Å². The topological polar surface area (TPSA) is 195 Å². The number of aliphatic imine (C=N–C) groups is 6. The van der Waals surface area contributed by atoms with E-state index >= 15 is 0 Å². The molecule has 0 aromatic heterocycles. The average molecular weight is 1360 g/mol. The maximum Gasteiger partial charge on any atom is 0.285 e. The second kappa shape index (κ2) is 34.4. The van der Waals surface area contributed by atoms with Gasteiger partial charge in [-0.05, 0) is 222 Å². The first-order valence-corrected chi connectivity index (χ1v) is 42.3. The van der Waals surface area contributed by atoms with Gasteiger partial charge in [-0.3, -0.25) is 9.98 Å². The van der Waals surface area contributed by atoms with Crippen LogP contribution >= 0.6 is 11.8 Å². The highest BCUT2D eigenvalue weighted by Crippen LogP contribution is 2.65. The second-order valence-corrected chi connectivity index (χ2v) is 35.3. The molecule has 546 valence electrons. The molecule has 0 aromatic carbocycles. The number of rotatable bonds is 15. The molecule has 12 fully saturated rings. The Labute approximate surface area is 591 Å². The lowest BCUT2D eigenvalue weighted by Gasteiger charge is -2.39. The molecule has 7 N–H and O–H groups in total. The first-order chi connectivity index (χ1) is 47.5. The maximum absolute atomic E-state index is 5.51. The highest BCUT2D eigenvalue weighted by Gasteiger charge is 2.62. The standard InChI is InChI=1S/C16H27N3.C14H24N2O.C14H24N2S.C13H22N2O.C12H22N2O.C10H16N2O/c1-2-4-11(5-3-1)14-12-6-7-13(10-12)15(14)19-16-17-8-9-18-16;2*1-2-3-4-12-10-5-6-11(9-10)13(12)16-14-15-7-8-17-14;1-12(2)9-4-5-13(12,3)10(8-9)15-11-14-6-7-16-11;1-2-5-10-6-3-4-7-11(10)14-12-13-8-9-15-12;1-2-8-5-7(1)6-9(8)12-10-11-3-4-13-10/h11-15H,1-10H2,(H2,17,18,19);2*10-13H,2-9H2,1H3,(H,15,16);9-10H,4-8H2,1-3H3,(H,14,15);10-11H,2-9H2,1H3,(H,13,14);7-9H,1-6H2,(H,11,12). The lowest BCUT2D eigenvalue weighted by atomic mass is 9.69. The van der Waals surface area contributed by atoms with Gasteiger partial charge in [0, 0.05) is 48.5 Å². The number of unbranched alkanes of at least 4 members (excludes halogenated alkanes) is 2. The first-order valence-electron chi connectivity index (χ1n) is 41.3. The number of fused-ring (bicyclic) bond motifs is 10. The predicted octanol–water partition coefficient (Wildman–Crippen LogP) is 14.0. The Hall–Kier alpha value is -3.83. The number of hydrogen-bond acceptors (Lipinski definition) is 18. The van der Waals surface area contributed by atoms with E-state index in [2.05, 4.69) is 109 Å². The van der Waals surface area contributed by atoms with Gasteiger partial charge in [0.2, 0.25) is 0 Å². The minimum absolute atomic E-state index is 0.409. The maximum atomic E-state index is 5.51. The van der Waals surface area contributed by atoms with Crippen molar-refractivity contribution < 1.29 is 18.9 Å². The lowest BCUT2D eigenvalue weighted by molar-refractivity contribution is 0.126. The van der Waals surface area contributed by atoms with Crippen molar-refractivity contribution in [2.75, 3.05) is 78.0 Å². The SMILES string of the molecule is C1CCC(C2C3CCC(C3)C2NC2=NCCN2)CC1.C1COC(NC2CC3CCC2C3)=N1.CC1(C)C2CCC1(C)C(NC1=NCCO1)C2.CCCC1CCCCC1NC1=NCCO1.CCCCC1C2CCC(C2)C1NC1=NCCO1.CCCCC1C2CCC(C2)C1NC1=NCCS1. The number of hydrogen-bond donors (Lipinski definition) is 7. The Bertz CT molecular complexity index is 2620. The van der Waals surface area contributed by atoms with Gasteiger partial charge >= 0.3 is 0 Å². The summed E-state index contributed by atoms with van der Waals surface area (Å²) < 4.78 is 21.8. The number of ether oxygens (including phenoxy) is 4. The van der Waals surface area contributed by atoms with E-state index in [1.807, 2.05) is 11.8 Å². The van der Waals surface area contributed by atoms with Gasteiger partial charge in [0.1, 0.15) is 26.4 Å². The molecule has 20 unspecified atom stereocenters. The predicted molar refractivity (Wildman–Crippen MR) is 400 cm³/mol. The fourth-order valence-corrected chi connectivity index (χ4v) is 24.0. The molecule has 12 saturated carbocycles. The zero-order valence-electron chi connectivity index (χ0n) is 61.6. The van der Waals surface area contributed by atoms with Crippen molar-refractivity contribution in [2.24, 2.45) is 124 Å². The summed E-state index contributed by atoms with van der Waals surface area (Å²) in [5.41, 5.74) is 0.871. The molecular formula is C79H135N13O4S. The second-order valence-electron chi connectivity index (χ2n) is 34.2. The summed E-state index contributed by atoms with van der Waals surface area (Å²) in [7, 11) is 0. The van der Waals surface area contributed by atoms with Crippen LogP contribution in [0.25, 0.3) is 0 Å². The Balaban J connectivity index is 0.000000105. The van der Waals surface area contributed by atoms with Crippen LogP contribution in [0.4, 0.5) is 0 Å². The molecule has 97 heavy (non-hydrogen) atoms. The van der Waals surface area contributed by atoms with Crippen molar-refractivity contribution in [3.63, 3.8) is 0 Å². The summed E-state index contributed by atoms with van der Waals surface area (Å²) in [6, 6.07) is 7.16. The largest absolute Gasteiger partial charge is 0.463 e. The third kappa shape index (κ3) is 17.5. The molecule has 20 atom stereocenters. The molecule has 18 aliphatic rings. The van der Waals surface area contributed by atoms with E-state index in [-0.39, 0.29) is 0 Å². The Kier molecular flexibility index (Phi) is 25.4. The van der Waals surface area contributed by atoms with E-state index in [1.54, 1.807) is 0 Å². The van der Waals surface area contributed by atoms with E-state index in [9.17, 15) is 0 Å². The minimum atomic E-state index is 0.409. The highest BCUT2D eigenvalue weighted by molar-refractivity contribution is 8.14. The van der Waals surface area contributed by atoms with Crippen LogP contribution in [0.15, 0.2) is 30.0 Å². The Morgan fingerprint density at radius 3 is 1.55 bits per heavy atom. The molecular weight excluding hydrogens is 1230 g/mol. The molecule has 17 nitrogen and oxygen atoms in total. The van der Waals surface area contributed by atoms with Crippen LogP contribution in [-0.2, 0) is 18.9 Å². The molecule has 10 bridgehead atoms. The van der Waals surface area contributed by atoms with Crippen LogP contribution in [-0.4, -0.2) is 149 Å². The molecule has 18 heteroatoms. The van der Waals surface area contributed by atoms with Crippen molar-refractivity contribution >= 4 is 47.0 Å². The zero-order chi connectivity index (χ0) is 66.6. The minimum Gasteiger partial charge on any atom is -0.463 e. The van der Waals surface area contributed by atoms with E-state index in [0.29, 0.717) is 35.0 Å². The quantitative estimate of drug-likeness (QED) is 0.0821. The van der Waals surface area contributed by atoms with Crippen LogP contribution in [0.1, 0.15) is 253 Å². The van der Waals surface area contributed by atoms with E-state index in [1.165, 1.54) is 223 Å². The van der Waals surface area contributed by atoms with Crippen LogP contribution in [0, 0.1) is 93.7 Å². The van der Waals surface area contributed by atoms with E-state index in [4.69, 9.17) is 18.9 Å². The molecule has 0 amide bonds. The van der Waals surface area contributed by atoms with Gasteiger partial charge in [0.25, 0.3) is 24.1 Å². The monoisotopic (exact) mass is 1360 g/mol. The van der Waals surface area contributed by atoms with Crippen LogP contribution in [0.5, 0.6) is 0 Å². The molecule has 0 aromatic rings. The molecule has 0 radical (unpaired) electrons. The fourth-order valence-electron chi connectivity index (χ4n) is 23.2. The van der Waals surface area contributed by atoms with Crippen LogP contribution in [0.3, 0.4) is 0 Å². The number of amidine groups is 5. The normalized spacial score (nSPS) is 39.8. The van der Waals surface area contributed by atoms with Gasteiger partial charge in [0.05, 0.1) is 39.3 Å². The summed E-state index contributed by atoms with van der Waals surface area (Å²) in [4.78, 5) is 26.4. The van der Waals surface area contributed by atoms with Gasteiger partial charge < -0.3 is 56.2 Å². The van der Waals surface area contributed by atoms with Gasteiger partial charge in [-0.1, -0.05) is 137 Å². The molecule has 0 saturated heterocycles. The molecule has 18 rings (SSSR count). The average Bonchev–Trinajstić information content (AvgIpc) is 1.56.